The van der Waals surface area contributed by atoms with Gasteiger partial charge in [0.25, 0.3) is 5.91 Å². The highest BCUT2D eigenvalue weighted by molar-refractivity contribution is 6.06. The second-order valence-electron chi connectivity index (χ2n) is 6.03. The molecule has 2 aromatic heterocycles. The van der Waals surface area contributed by atoms with Crippen LogP contribution in [0.2, 0.25) is 0 Å². The molecule has 4 rings (SSSR count). The van der Waals surface area contributed by atoms with Crippen molar-refractivity contribution < 1.29 is 4.79 Å². The lowest BCUT2D eigenvalue weighted by Gasteiger charge is -2.08. The molecule has 5 nitrogen and oxygen atoms in total. The van der Waals surface area contributed by atoms with E-state index >= 15 is 0 Å². The van der Waals surface area contributed by atoms with Crippen LogP contribution in [-0.2, 0) is 6.54 Å². The number of fused-ring (bicyclic) bond motifs is 1. The second kappa shape index (κ2) is 6.80. The van der Waals surface area contributed by atoms with Crippen LogP contribution in [0, 0.1) is 0 Å². The molecule has 0 saturated carbocycles. The first kappa shape index (κ1) is 16.0. The number of aromatic nitrogens is 3. The van der Waals surface area contributed by atoms with Crippen molar-refractivity contribution in [1.82, 2.24) is 20.1 Å². The molecule has 26 heavy (non-hydrogen) atoms. The number of benzene rings is 2. The molecule has 0 saturated heterocycles. The number of nitrogens with one attached hydrogen (secondary N) is 1. The zero-order chi connectivity index (χ0) is 17.9. The molecular weight excluding hydrogens is 324 g/mol. The lowest BCUT2D eigenvalue weighted by atomic mass is 10.1. The number of carbonyl (C=O) groups is 1. The van der Waals surface area contributed by atoms with Crippen molar-refractivity contribution in [3.63, 3.8) is 0 Å². The van der Waals surface area contributed by atoms with E-state index < -0.39 is 0 Å². The van der Waals surface area contributed by atoms with Crippen LogP contribution in [0.3, 0.4) is 0 Å². The summed E-state index contributed by atoms with van der Waals surface area (Å²) >= 11 is 0. The number of nitrogens with zero attached hydrogens (tertiary/aromatic N) is 3. The van der Waals surface area contributed by atoms with Crippen LogP contribution < -0.4 is 5.32 Å². The van der Waals surface area contributed by atoms with Gasteiger partial charge in [-0.05, 0) is 11.6 Å². The predicted molar refractivity (Wildman–Crippen MR) is 102 cm³/mol. The minimum atomic E-state index is -0.145. The van der Waals surface area contributed by atoms with Gasteiger partial charge in [-0.3, -0.25) is 4.79 Å². The molecule has 0 bridgehead atoms. The maximum absolute atomic E-state index is 12.4. The molecule has 5 heteroatoms. The maximum Gasteiger partial charge on any atom is 0.251 e. The van der Waals surface area contributed by atoms with Gasteiger partial charge in [0.1, 0.15) is 0 Å². The molecular formula is C21H18N4O. The van der Waals surface area contributed by atoms with E-state index in [0.29, 0.717) is 17.8 Å². The molecule has 1 N–H and O–H groups in total. The molecule has 0 unspecified atom stereocenters. The van der Waals surface area contributed by atoms with Gasteiger partial charge in [-0.1, -0.05) is 60.7 Å². The third-order valence-corrected chi connectivity index (χ3v) is 4.33. The Morgan fingerprint density at radius 2 is 1.73 bits per heavy atom. The van der Waals surface area contributed by atoms with E-state index in [-0.39, 0.29) is 5.91 Å². The van der Waals surface area contributed by atoms with E-state index in [1.165, 1.54) is 0 Å². The number of pyridine rings is 1. The van der Waals surface area contributed by atoms with E-state index in [9.17, 15) is 4.79 Å². The zero-order valence-corrected chi connectivity index (χ0v) is 14.4. The molecule has 0 aliphatic carbocycles. The van der Waals surface area contributed by atoms with E-state index in [2.05, 4.69) is 10.4 Å². The fourth-order valence-electron chi connectivity index (χ4n) is 3.00. The maximum atomic E-state index is 12.4. The Kier molecular flexibility index (Phi) is 4.19. The van der Waals surface area contributed by atoms with Crippen LogP contribution in [0.1, 0.15) is 15.9 Å². The predicted octanol–water partition coefficient (Wildman–Crippen LogP) is 3.51. The third kappa shape index (κ3) is 2.95. The normalized spacial score (nSPS) is 10.8. The molecule has 0 radical (unpaired) electrons. The minimum absolute atomic E-state index is 0.145. The minimum Gasteiger partial charge on any atom is -0.355 e. The van der Waals surface area contributed by atoms with Gasteiger partial charge in [0.2, 0.25) is 0 Å². The van der Waals surface area contributed by atoms with Crippen molar-refractivity contribution in [2.75, 3.05) is 7.05 Å². The van der Waals surface area contributed by atoms with Gasteiger partial charge in [0.15, 0.2) is 5.65 Å². The van der Waals surface area contributed by atoms with Crippen molar-refractivity contribution in [3.05, 3.63) is 84.1 Å². The Morgan fingerprint density at radius 1 is 1.04 bits per heavy atom. The Balaban J connectivity index is 1.89. The van der Waals surface area contributed by atoms with Gasteiger partial charge in [0.05, 0.1) is 29.4 Å². The van der Waals surface area contributed by atoms with Crippen LogP contribution in [0.15, 0.2) is 72.9 Å². The summed E-state index contributed by atoms with van der Waals surface area (Å²) in [6.07, 6.45) is 1.71. The van der Waals surface area contributed by atoms with Crippen molar-refractivity contribution in [1.29, 1.82) is 0 Å². The number of hydrogen-bond donors (Lipinski definition) is 1. The smallest absolute Gasteiger partial charge is 0.251 e. The van der Waals surface area contributed by atoms with Crippen LogP contribution >= 0.6 is 0 Å². The van der Waals surface area contributed by atoms with Crippen LogP contribution in [0.4, 0.5) is 0 Å². The summed E-state index contributed by atoms with van der Waals surface area (Å²) in [6.45, 7) is 0.600. The fraction of sp³-hybridized carbons (Fsp3) is 0.0952. The Morgan fingerprint density at radius 3 is 2.42 bits per heavy atom. The summed E-state index contributed by atoms with van der Waals surface area (Å²) < 4.78 is 1.84. The van der Waals surface area contributed by atoms with Gasteiger partial charge in [-0.2, -0.15) is 5.10 Å². The van der Waals surface area contributed by atoms with Gasteiger partial charge in [-0.25, -0.2) is 9.67 Å². The lowest BCUT2D eigenvalue weighted by Crippen LogP contribution is -2.18. The largest absolute Gasteiger partial charge is 0.355 e. The van der Waals surface area contributed by atoms with Crippen molar-refractivity contribution >= 4 is 16.9 Å². The van der Waals surface area contributed by atoms with Crippen molar-refractivity contribution in [2.45, 2.75) is 6.54 Å². The van der Waals surface area contributed by atoms with Crippen LogP contribution in [0.25, 0.3) is 22.3 Å². The summed E-state index contributed by atoms with van der Waals surface area (Å²) in [5.74, 6) is -0.145. The highest BCUT2D eigenvalue weighted by atomic mass is 16.1. The summed E-state index contributed by atoms with van der Waals surface area (Å²) in [5.41, 5.74) is 4.13. The first-order chi connectivity index (χ1) is 12.8. The van der Waals surface area contributed by atoms with Gasteiger partial charge >= 0.3 is 0 Å². The summed E-state index contributed by atoms with van der Waals surface area (Å²) in [5, 5.41) is 7.93. The molecule has 128 valence electrons. The van der Waals surface area contributed by atoms with Crippen LogP contribution in [0.5, 0.6) is 0 Å². The molecule has 1 amide bonds. The Bertz CT molecular complexity index is 1060. The number of amides is 1. The third-order valence-electron chi connectivity index (χ3n) is 4.33. The standard InChI is InChI=1S/C21H18N4O/c1-22-21(26)17-12-19(16-10-6-3-7-11-16)24-20-18(17)13-23-25(20)14-15-8-4-2-5-9-15/h2-13H,14H2,1H3,(H,22,26). The highest BCUT2D eigenvalue weighted by Crippen LogP contribution is 2.25. The summed E-state index contributed by atoms with van der Waals surface area (Å²) in [4.78, 5) is 17.2. The summed E-state index contributed by atoms with van der Waals surface area (Å²) in [6, 6.07) is 21.8. The van der Waals surface area contributed by atoms with E-state index in [1.54, 1.807) is 13.2 Å². The Labute approximate surface area is 151 Å². The average Bonchev–Trinajstić information content (AvgIpc) is 3.11. The topological polar surface area (TPSA) is 59.8 Å². The average molecular weight is 342 g/mol. The first-order valence-corrected chi connectivity index (χ1v) is 8.44. The zero-order valence-electron chi connectivity index (χ0n) is 14.4. The molecule has 0 aliphatic heterocycles. The molecule has 2 heterocycles. The molecule has 0 spiro atoms. The highest BCUT2D eigenvalue weighted by Gasteiger charge is 2.16. The first-order valence-electron chi connectivity index (χ1n) is 8.44. The second-order valence-corrected chi connectivity index (χ2v) is 6.03. The van der Waals surface area contributed by atoms with Gasteiger partial charge < -0.3 is 5.32 Å². The van der Waals surface area contributed by atoms with Gasteiger partial charge in [0, 0.05) is 12.6 Å². The molecule has 2 aromatic carbocycles. The van der Waals surface area contributed by atoms with E-state index in [1.807, 2.05) is 71.4 Å². The van der Waals surface area contributed by atoms with Crippen LogP contribution in [-0.4, -0.2) is 27.7 Å². The van der Waals surface area contributed by atoms with Crippen molar-refractivity contribution in [2.24, 2.45) is 0 Å². The van der Waals surface area contributed by atoms with E-state index in [4.69, 9.17) is 4.98 Å². The molecule has 0 aliphatic rings. The number of hydrogen-bond acceptors (Lipinski definition) is 3. The SMILES string of the molecule is CNC(=O)c1cc(-c2ccccc2)nc2c1cnn2Cc1ccccc1. The van der Waals surface area contributed by atoms with Crippen molar-refractivity contribution in [3.8, 4) is 11.3 Å². The monoisotopic (exact) mass is 342 g/mol. The Hall–Kier alpha value is -3.47. The number of rotatable bonds is 4. The fourth-order valence-corrected chi connectivity index (χ4v) is 3.00. The molecule has 4 aromatic rings. The molecule has 0 fully saturated rings. The quantitative estimate of drug-likeness (QED) is 0.617. The lowest BCUT2D eigenvalue weighted by molar-refractivity contribution is 0.0964. The molecule has 0 atom stereocenters. The summed E-state index contributed by atoms with van der Waals surface area (Å²) in [7, 11) is 1.63. The number of carbonyl (C=O) groups excluding carboxylic acids is 1. The van der Waals surface area contributed by atoms with E-state index in [0.717, 1.165) is 22.2 Å². The van der Waals surface area contributed by atoms with Gasteiger partial charge in [-0.15, -0.1) is 0 Å².